The third kappa shape index (κ3) is 5.48. The number of pyridine rings is 1. The number of amides is 2. The molecule has 0 aromatic carbocycles. The highest BCUT2D eigenvalue weighted by Crippen LogP contribution is 2.19. The number of ether oxygens (including phenoxy) is 1. The van der Waals surface area contributed by atoms with Gasteiger partial charge in [-0.1, -0.05) is 0 Å². The molecule has 0 spiro atoms. The largest absolute Gasteiger partial charge is 0.381 e. The summed E-state index contributed by atoms with van der Waals surface area (Å²) < 4.78 is 5.68. The van der Waals surface area contributed by atoms with Gasteiger partial charge in [-0.3, -0.25) is 0 Å². The molecule has 0 radical (unpaired) electrons. The Morgan fingerprint density at radius 1 is 1.26 bits per heavy atom. The van der Waals surface area contributed by atoms with Gasteiger partial charge < -0.3 is 25.2 Å². The molecule has 3 rings (SSSR count). The van der Waals surface area contributed by atoms with Crippen molar-refractivity contribution in [1.82, 2.24) is 15.2 Å². The number of hydrogen-bond acceptors (Lipinski definition) is 5. The highest BCUT2D eigenvalue weighted by Gasteiger charge is 2.26. The van der Waals surface area contributed by atoms with Gasteiger partial charge in [0.2, 0.25) is 0 Å². The first kappa shape index (κ1) is 19.7. The number of anilines is 2. The zero-order valence-corrected chi connectivity index (χ0v) is 16.8. The molecule has 150 valence electrons. The van der Waals surface area contributed by atoms with Crippen LogP contribution in [0.4, 0.5) is 16.3 Å². The molecule has 0 saturated carbocycles. The van der Waals surface area contributed by atoms with E-state index in [0.29, 0.717) is 6.04 Å². The molecule has 2 saturated heterocycles. The van der Waals surface area contributed by atoms with Crippen LogP contribution in [0.5, 0.6) is 0 Å². The minimum atomic E-state index is 0.0376. The van der Waals surface area contributed by atoms with E-state index in [9.17, 15) is 4.79 Å². The lowest BCUT2D eigenvalue weighted by Gasteiger charge is -2.26. The van der Waals surface area contributed by atoms with E-state index in [-0.39, 0.29) is 18.2 Å². The van der Waals surface area contributed by atoms with Crippen LogP contribution in [0.15, 0.2) is 18.3 Å². The molecule has 1 aromatic heterocycles. The first-order chi connectivity index (χ1) is 13.0. The predicted molar refractivity (Wildman–Crippen MR) is 108 cm³/mol. The number of nitrogens with one attached hydrogen (secondary N) is 2. The monoisotopic (exact) mass is 375 g/mol. The quantitative estimate of drug-likeness (QED) is 0.828. The topological polar surface area (TPSA) is 69.7 Å². The van der Waals surface area contributed by atoms with E-state index < -0.39 is 0 Å². The summed E-state index contributed by atoms with van der Waals surface area (Å²) >= 11 is 0. The Morgan fingerprint density at radius 2 is 2.11 bits per heavy atom. The van der Waals surface area contributed by atoms with Crippen molar-refractivity contribution in [2.75, 3.05) is 44.0 Å². The molecular weight excluding hydrogens is 342 g/mol. The summed E-state index contributed by atoms with van der Waals surface area (Å²) in [5, 5.41) is 6.70. The van der Waals surface area contributed by atoms with Crippen molar-refractivity contribution in [3.63, 3.8) is 0 Å². The number of nitrogens with zero attached hydrogens (tertiary/aromatic N) is 3. The van der Waals surface area contributed by atoms with E-state index in [1.165, 1.54) is 0 Å². The van der Waals surface area contributed by atoms with Gasteiger partial charge in [-0.15, -0.1) is 0 Å². The number of urea groups is 1. The first-order valence-electron chi connectivity index (χ1n) is 10.1. The Hall–Kier alpha value is -2.02. The highest BCUT2D eigenvalue weighted by molar-refractivity contribution is 5.74. The van der Waals surface area contributed by atoms with E-state index in [1.807, 2.05) is 43.1 Å². The number of carbonyl (C=O) groups is 1. The van der Waals surface area contributed by atoms with Crippen molar-refractivity contribution in [1.29, 1.82) is 0 Å². The zero-order chi connectivity index (χ0) is 19.2. The Morgan fingerprint density at radius 3 is 2.78 bits per heavy atom. The summed E-state index contributed by atoms with van der Waals surface area (Å²) in [5.41, 5.74) is 1.04. The molecule has 27 heavy (non-hydrogen) atoms. The Kier molecular flexibility index (Phi) is 6.77. The molecule has 1 aromatic rings. The van der Waals surface area contributed by atoms with E-state index >= 15 is 0 Å². The van der Waals surface area contributed by atoms with Crippen molar-refractivity contribution in [2.24, 2.45) is 0 Å². The number of hydrogen-bond donors (Lipinski definition) is 2. The summed E-state index contributed by atoms with van der Waals surface area (Å²) in [6, 6.07) is 4.56. The second-order valence-electron chi connectivity index (χ2n) is 7.85. The van der Waals surface area contributed by atoms with Crippen LogP contribution < -0.4 is 15.5 Å². The molecule has 3 atom stereocenters. The smallest absolute Gasteiger partial charge is 0.317 e. The molecule has 7 heteroatoms. The number of likely N-dealkylation sites (tertiary alicyclic amines) is 1. The minimum absolute atomic E-state index is 0.0376. The maximum absolute atomic E-state index is 12.6. The van der Waals surface area contributed by atoms with Gasteiger partial charge in [-0.2, -0.15) is 0 Å². The van der Waals surface area contributed by atoms with Gasteiger partial charge in [0, 0.05) is 39.8 Å². The molecule has 2 aliphatic heterocycles. The minimum Gasteiger partial charge on any atom is -0.381 e. The fourth-order valence-electron chi connectivity index (χ4n) is 3.79. The Labute approximate surface area is 162 Å². The van der Waals surface area contributed by atoms with Crippen molar-refractivity contribution in [3.05, 3.63) is 18.3 Å². The van der Waals surface area contributed by atoms with Crippen molar-refractivity contribution >= 4 is 17.5 Å². The van der Waals surface area contributed by atoms with E-state index in [1.54, 1.807) is 0 Å². The lowest BCUT2D eigenvalue weighted by molar-refractivity contribution is 0.0834. The predicted octanol–water partition coefficient (Wildman–Crippen LogP) is 2.69. The summed E-state index contributed by atoms with van der Waals surface area (Å²) in [4.78, 5) is 21.0. The summed E-state index contributed by atoms with van der Waals surface area (Å²) in [6.07, 6.45) is 7.17. The number of aromatic nitrogens is 1. The molecule has 7 nitrogen and oxygen atoms in total. The molecule has 2 amide bonds. The van der Waals surface area contributed by atoms with Crippen molar-refractivity contribution < 1.29 is 9.53 Å². The summed E-state index contributed by atoms with van der Waals surface area (Å²) in [5.74, 6) is 0.949. The van der Waals surface area contributed by atoms with Crippen LogP contribution in [0, 0.1) is 0 Å². The van der Waals surface area contributed by atoms with Gasteiger partial charge in [0.15, 0.2) is 0 Å². The molecular formula is C20H33N5O2. The van der Waals surface area contributed by atoms with Crippen LogP contribution >= 0.6 is 0 Å². The molecule has 3 heterocycles. The average molecular weight is 376 g/mol. The van der Waals surface area contributed by atoms with Gasteiger partial charge in [-0.05, 0) is 51.2 Å². The third-order valence-electron chi connectivity index (χ3n) is 5.47. The number of rotatable bonds is 5. The van der Waals surface area contributed by atoms with Gasteiger partial charge in [-0.25, -0.2) is 9.78 Å². The molecule has 2 fully saturated rings. The van der Waals surface area contributed by atoms with Crippen LogP contribution in [-0.4, -0.2) is 67.9 Å². The molecule has 0 unspecified atom stereocenters. The van der Waals surface area contributed by atoms with Crippen molar-refractivity contribution in [2.45, 2.75) is 57.2 Å². The lowest BCUT2D eigenvalue weighted by atomic mass is 10.1. The van der Waals surface area contributed by atoms with Crippen molar-refractivity contribution in [3.8, 4) is 0 Å². The Bertz CT molecular complexity index is 601. The summed E-state index contributed by atoms with van der Waals surface area (Å²) in [6.45, 7) is 4.43. The average Bonchev–Trinajstić information content (AvgIpc) is 3.09. The van der Waals surface area contributed by atoms with Crippen LogP contribution in [0.2, 0.25) is 0 Å². The fourth-order valence-corrected chi connectivity index (χ4v) is 3.79. The normalized spacial score (nSPS) is 24.2. The second-order valence-corrected chi connectivity index (χ2v) is 7.85. The van der Waals surface area contributed by atoms with Crippen LogP contribution in [0.3, 0.4) is 0 Å². The highest BCUT2D eigenvalue weighted by atomic mass is 16.5. The SMILES string of the molecule is C[C@H](NC(=O)N1CCC[C@H](Nc2ccc(N(C)C)nc2)CC1)[C@H]1CCCO1. The van der Waals surface area contributed by atoms with E-state index in [4.69, 9.17) is 4.74 Å². The van der Waals surface area contributed by atoms with Gasteiger partial charge in [0.25, 0.3) is 0 Å². The molecule has 2 N–H and O–H groups in total. The molecule has 0 bridgehead atoms. The van der Waals surface area contributed by atoms with E-state index in [0.717, 1.165) is 63.3 Å². The van der Waals surface area contributed by atoms with E-state index in [2.05, 4.69) is 21.7 Å². The maximum Gasteiger partial charge on any atom is 0.317 e. The first-order valence-corrected chi connectivity index (χ1v) is 10.1. The van der Waals surface area contributed by atoms with Gasteiger partial charge >= 0.3 is 6.03 Å². The summed E-state index contributed by atoms with van der Waals surface area (Å²) in [7, 11) is 3.97. The van der Waals surface area contributed by atoms with Crippen LogP contribution in [0.1, 0.15) is 39.0 Å². The van der Waals surface area contributed by atoms with Crippen LogP contribution in [0.25, 0.3) is 0 Å². The van der Waals surface area contributed by atoms with Crippen LogP contribution in [-0.2, 0) is 4.74 Å². The van der Waals surface area contributed by atoms with Gasteiger partial charge in [0.1, 0.15) is 5.82 Å². The third-order valence-corrected chi connectivity index (χ3v) is 5.47. The fraction of sp³-hybridized carbons (Fsp3) is 0.700. The second kappa shape index (κ2) is 9.26. The lowest BCUT2D eigenvalue weighted by Crippen LogP contribution is -2.48. The Balaban J connectivity index is 1.47. The maximum atomic E-state index is 12.6. The molecule has 2 aliphatic rings. The molecule has 0 aliphatic carbocycles. The van der Waals surface area contributed by atoms with Gasteiger partial charge in [0.05, 0.1) is 24.0 Å². The number of carbonyl (C=O) groups excluding carboxylic acids is 1. The zero-order valence-electron chi connectivity index (χ0n) is 16.8. The standard InChI is InChI=1S/C20H33N5O2/c1-15(18-7-5-13-27-18)22-20(26)25-11-4-6-16(10-12-25)23-17-8-9-19(21-14-17)24(2)3/h8-9,14-16,18,23H,4-7,10-13H2,1-3H3,(H,22,26)/t15-,16-,18+/m0/s1.